The monoisotopic (exact) mass is 517 g/mol. The summed E-state index contributed by atoms with van der Waals surface area (Å²) in [6.07, 6.45) is 2.64. The molecule has 11 nitrogen and oxygen atoms in total. The summed E-state index contributed by atoms with van der Waals surface area (Å²) in [5.41, 5.74) is 2.97. The lowest BCUT2D eigenvalue weighted by molar-refractivity contribution is -0.385. The Bertz CT molecular complexity index is 1360. The first-order valence-corrected chi connectivity index (χ1v) is 12.6. The molecule has 38 heavy (non-hydrogen) atoms. The van der Waals surface area contributed by atoms with Crippen LogP contribution < -0.4 is 24.4 Å². The molecule has 0 saturated carbocycles. The molecule has 0 aliphatic carbocycles. The van der Waals surface area contributed by atoms with Crippen LogP contribution in [0.3, 0.4) is 0 Å². The molecule has 1 amide bonds. The number of aromatic nitrogens is 1. The Hall–Kier alpha value is -4.38. The summed E-state index contributed by atoms with van der Waals surface area (Å²) in [7, 11) is 0. The van der Waals surface area contributed by atoms with Crippen molar-refractivity contribution in [2.75, 3.05) is 44.4 Å². The number of rotatable bonds is 7. The van der Waals surface area contributed by atoms with Gasteiger partial charge >= 0.3 is 0 Å². The molecule has 0 spiro atoms. The molecule has 1 unspecified atom stereocenters. The molecule has 1 fully saturated rings. The largest absolute Gasteiger partial charge is 0.454 e. The maximum atomic E-state index is 13.5. The van der Waals surface area contributed by atoms with Gasteiger partial charge in [-0.15, -0.1) is 0 Å². The van der Waals surface area contributed by atoms with E-state index in [1.807, 2.05) is 41.3 Å². The van der Waals surface area contributed by atoms with Crippen molar-refractivity contribution in [1.29, 1.82) is 0 Å². The Labute approximate surface area is 219 Å². The number of pyridine rings is 1. The predicted molar refractivity (Wildman–Crippen MR) is 138 cm³/mol. The minimum atomic E-state index is -0.496. The lowest BCUT2D eigenvalue weighted by Gasteiger charge is -2.37. The van der Waals surface area contributed by atoms with Crippen LogP contribution in [-0.2, 0) is 17.6 Å². The molecule has 3 aliphatic rings. The molecule has 6 rings (SSSR count). The number of piperazine rings is 1. The Morgan fingerprint density at radius 2 is 2.05 bits per heavy atom. The number of carbonyl (C=O) groups excluding carboxylic acids is 1. The highest BCUT2D eigenvalue weighted by Crippen LogP contribution is 2.37. The molecule has 1 N–H and O–H groups in total. The van der Waals surface area contributed by atoms with E-state index < -0.39 is 4.92 Å². The van der Waals surface area contributed by atoms with Crippen molar-refractivity contribution in [3.8, 4) is 23.1 Å². The fraction of sp³-hybridized carbons (Fsp3) is 0.333. The molecule has 2 aromatic carbocycles. The molecule has 0 radical (unpaired) electrons. The van der Waals surface area contributed by atoms with Crippen LogP contribution in [0.4, 0.5) is 11.4 Å². The van der Waals surface area contributed by atoms with E-state index in [1.165, 1.54) is 18.3 Å². The van der Waals surface area contributed by atoms with Gasteiger partial charge in [0.15, 0.2) is 11.5 Å². The summed E-state index contributed by atoms with van der Waals surface area (Å²) in [5.74, 6) is 2.52. The maximum Gasteiger partial charge on any atom is 0.287 e. The predicted octanol–water partition coefficient (Wildman–Crippen LogP) is 2.92. The Balaban J connectivity index is 1.14. The second-order valence-electron chi connectivity index (χ2n) is 9.48. The smallest absolute Gasteiger partial charge is 0.287 e. The van der Waals surface area contributed by atoms with Crippen molar-refractivity contribution in [2.24, 2.45) is 0 Å². The van der Waals surface area contributed by atoms with Crippen molar-refractivity contribution >= 4 is 17.3 Å². The van der Waals surface area contributed by atoms with Crippen LogP contribution in [0, 0.1) is 10.1 Å². The minimum absolute atomic E-state index is 0.0431. The zero-order valence-electron chi connectivity index (χ0n) is 20.7. The summed E-state index contributed by atoms with van der Waals surface area (Å²) >= 11 is 0. The van der Waals surface area contributed by atoms with Gasteiger partial charge in [0, 0.05) is 55.6 Å². The van der Waals surface area contributed by atoms with Gasteiger partial charge in [-0.05, 0) is 42.7 Å². The number of benzene rings is 2. The fourth-order valence-corrected chi connectivity index (χ4v) is 5.25. The van der Waals surface area contributed by atoms with E-state index in [0.29, 0.717) is 18.8 Å². The number of fused-ring (bicyclic) bond motifs is 2. The third-order valence-electron chi connectivity index (χ3n) is 7.13. The van der Waals surface area contributed by atoms with E-state index in [4.69, 9.17) is 14.2 Å². The van der Waals surface area contributed by atoms with Gasteiger partial charge in [0.05, 0.1) is 11.5 Å². The van der Waals surface area contributed by atoms with E-state index in [0.717, 1.165) is 54.2 Å². The summed E-state index contributed by atoms with van der Waals surface area (Å²) in [4.78, 5) is 32.1. The number of anilines is 1. The lowest BCUT2D eigenvalue weighted by atomic mass is 10.0. The van der Waals surface area contributed by atoms with Crippen LogP contribution in [0.1, 0.15) is 11.1 Å². The van der Waals surface area contributed by atoms with Crippen LogP contribution >= 0.6 is 0 Å². The van der Waals surface area contributed by atoms with Crippen LogP contribution in [0.2, 0.25) is 0 Å². The van der Waals surface area contributed by atoms with Gasteiger partial charge in [0.1, 0.15) is 11.9 Å². The Kier molecular flexibility index (Phi) is 6.42. The van der Waals surface area contributed by atoms with Crippen molar-refractivity contribution < 1.29 is 23.9 Å². The number of nitro groups is 1. The average Bonchev–Trinajstić information content (AvgIpc) is 3.57. The molecule has 3 aliphatic heterocycles. The summed E-state index contributed by atoms with van der Waals surface area (Å²) < 4.78 is 16.9. The van der Waals surface area contributed by atoms with Crippen LogP contribution in [-0.4, -0.2) is 66.3 Å². The van der Waals surface area contributed by atoms with Gasteiger partial charge in [-0.2, -0.15) is 0 Å². The third kappa shape index (κ3) is 4.80. The average molecular weight is 518 g/mol. The number of hydrogen-bond donors (Lipinski definition) is 1. The fourth-order valence-electron chi connectivity index (χ4n) is 5.25. The maximum absolute atomic E-state index is 13.5. The Morgan fingerprint density at radius 3 is 2.89 bits per heavy atom. The van der Waals surface area contributed by atoms with Crippen molar-refractivity contribution in [1.82, 2.24) is 15.2 Å². The first-order valence-electron chi connectivity index (χ1n) is 12.6. The highest BCUT2D eigenvalue weighted by Gasteiger charge is 2.31. The second-order valence-corrected chi connectivity index (χ2v) is 9.48. The number of amides is 1. The van der Waals surface area contributed by atoms with E-state index in [9.17, 15) is 14.9 Å². The van der Waals surface area contributed by atoms with E-state index in [2.05, 4.69) is 15.2 Å². The molecule has 1 aromatic heterocycles. The van der Waals surface area contributed by atoms with Crippen molar-refractivity contribution in [3.63, 3.8) is 0 Å². The van der Waals surface area contributed by atoms with Crippen LogP contribution in [0.25, 0.3) is 0 Å². The summed E-state index contributed by atoms with van der Waals surface area (Å²) in [6.45, 7) is 3.38. The van der Waals surface area contributed by atoms with Gasteiger partial charge in [-0.1, -0.05) is 12.1 Å². The SMILES string of the molecule is O=C(CN1CCc2c(Oc3ccc([N+](=O)[O-])cn3)cccc21)N1CCNCC1Cc1ccc2c(c1)OCO2. The number of hydrogen-bond acceptors (Lipinski definition) is 9. The highest BCUT2D eigenvalue weighted by molar-refractivity contribution is 5.83. The summed E-state index contributed by atoms with van der Waals surface area (Å²) in [5, 5.41) is 14.3. The van der Waals surface area contributed by atoms with Gasteiger partial charge < -0.3 is 29.3 Å². The van der Waals surface area contributed by atoms with Crippen LogP contribution in [0.15, 0.2) is 54.7 Å². The first-order chi connectivity index (χ1) is 18.5. The normalized spacial score (nSPS) is 17.8. The van der Waals surface area contributed by atoms with Gasteiger partial charge in [0.2, 0.25) is 18.6 Å². The molecular weight excluding hydrogens is 490 g/mol. The zero-order chi connectivity index (χ0) is 26.1. The summed E-state index contributed by atoms with van der Waals surface area (Å²) in [6, 6.07) is 14.6. The highest BCUT2D eigenvalue weighted by atomic mass is 16.7. The molecule has 1 saturated heterocycles. The van der Waals surface area contributed by atoms with Crippen LogP contribution in [0.5, 0.6) is 23.1 Å². The molecular formula is C27H27N5O6. The molecule has 3 aromatic rings. The molecule has 11 heteroatoms. The van der Waals surface area contributed by atoms with E-state index in [-0.39, 0.29) is 36.9 Å². The van der Waals surface area contributed by atoms with Crippen molar-refractivity contribution in [3.05, 3.63) is 76.0 Å². The Morgan fingerprint density at radius 1 is 1.16 bits per heavy atom. The standard InChI is InChI=1S/C27H27N5O6/c33-27(31-11-9-28-14-20(31)12-18-4-6-24-25(13-18)37-17-36-24)16-30-10-8-21-22(30)2-1-3-23(21)38-26-7-5-19(15-29-26)32(34)35/h1-7,13,15,20,28H,8-12,14,16-17H2. The molecule has 0 bridgehead atoms. The topological polar surface area (TPSA) is 119 Å². The number of ether oxygens (including phenoxy) is 3. The minimum Gasteiger partial charge on any atom is -0.454 e. The second kappa shape index (κ2) is 10.2. The molecule has 4 heterocycles. The number of carbonyl (C=O) groups is 1. The number of nitrogens with one attached hydrogen (secondary N) is 1. The van der Waals surface area contributed by atoms with Crippen molar-refractivity contribution in [2.45, 2.75) is 18.9 Å². The lowest BCUT2D eigenvalue weighted by Crippen LogP contribution is -2.56. The molecule has 1 atom stereocenters. The molecule has 196 valence electrons. The zero-order valence-corrected chi connectivity index (χ0v) is 20.7. The first kappa shape index (κ1) is 24.0. The quantitative estimate of drug-likeness (QED) is 0.373. The third-order valence-corrected chi connectivity index (χ3v) is 7.13. The van der Waals surface area contributed by atoms with E-state index in [1.54, 1.807) is 0 Å². The van der Waals surface area contributed by atoms with E-state index >= 15 is 0 Å². The van der Waals surface area contributed by atoms with Gasteiger partial charge in [-0.25, -0.2) is 4.98 Å². The van der Waals surface area contributed by atoms with Gasteiger partial charge in [-0.3, -0.25) is 14.9 Å². The van der Waals surface area contributed by atoms with Gasteiger partial charge in [0.25, 0.3) is 5.69 Å². The number of nitrogens with zero attached hydrogens (tertiary/aromatic N) is 4.